The first kappa shape index (κ1) is 10.0. The van der Waals surface area contributed by atoms with Crippen LogP contribution >= 0.6 is 15.9 Å². The number of nitriles is 1. The van der Waals surface area contributed by atoms with E-state index in [1.165, 1.54) is 0 Å². The third kappa shape index (κ3) is 2.71. The predicted molar refractivity (Wildman–Crippen MR) is 55.4 cm³/mol. The molecule has 0 saturated heterocycles. The molecule has 0 unspecified atom stereocenters. The van der Waals surface area contributed by atoms with E-state index in [0.717, 1.165) is 17.4 Å². The third-order valence-electron chi connectivity index (χ3n) is 1.52. The number of nitrogens with one attached hydrogen (secondary N) is 1. The van der Waals surface area contributed by atoms with Gasteiger partial charge in [-0.05, 0) is 28.4 Å². The number of anilines is 1. The average molecular weight is 240 g/mol. The van der Waals surface area contributed by atoms with Crippen molar-refractivity contribution in [3.05, 3.63) is 22.3 Å². The van der Waals surface area contributed by atoms with E-state index in [1.54, 1.807) is 12.3 Å². The van der Waals surface area contributed by atoms with Gasteiger partial charge in [0.2, 0.25) is 0 Å². The van der Waals surface area contributed by atoms with Crippen molar-refractivity contribution < 1.29 is 0 Å². The summed E-state index contributed by atoms with van der Waals surface area (Å²) in [5, 5.41) is 11.9. The minimum Gasteiger partial charge on any atom is -0.369 e. The van der Waals surface area contributed by atoms with Crippen LogP contribution in [0, 0.1) is 11.3 Å². The molecule has 1 heterocycles. The molecule has 3 nitrogen and oxygen atoms in total. The van der Waals surface area contributed by atoms with Gasteiger partial charge in [0.1, 0.15) is 11.9 Å². The van der Waals surface area contributed by atoms with Gasteiger partial charge in [0.05, 0.1) is 5.56 Å². The molecular formula is C9H10BrN3. The number of nitrogens with zero attached hydrogens (tertiary/aromatic N) is 2. The summed E-state index contributed by atoms with van der Waals surface area (Å²) in [6, 6.07) is 3.85. The smallest absolute Gasteiger partial charge is 0.143 e. The highest BCUT2D eigenvalue weighted by atomic mass is 79.9. The van der Waals surface area contributed by atoms with Gasteiger partial charge in [0.25, 0.3) is 0 Å². The van der Waals surface area contributed by atoms with Crippen LogP contribution in [0.25, 0.3) is 0 Å². The molecular weight excluding hydrogens is 230 g/mol. The molecule has 0 radical (unpaired) electrons. The third-order valence-corrected chi connectivity index (χ3v) is 1.95. The molecule has 1 aromatic heterocycles. The maximum Gasteiger partial charge on any atom is 0.143 e. The summed E-state index contributed by atoms with van der Waals surface area (Å²) < 4.78 is 0.825. The Morgan fingerprint density at radius 2 is 2.46 bits per heavy atom. The van der Waals surface area contributed by atoms with E-state index in [4.69, 9.17) is 5.26 Å². The molecule has 0 aromatic carbocycles. The van der Waals surface area contributed by atoms with Crippen molar-refractivity contribution in [1.82, 2.24) is 4.98 Å². The summed E-state index contributed by atoms with van der Waals surface area (Å²) in [5.41, 5.74) is 0.572. The Kier molecular flexibility index (Phi) is 3.71. The largest absolute Gasteiger partial charge is 0.369 e. The van der Waals surface area contributed by atoms with E-state index in [9.17, 15) is 0 Å². The number of halogens is 1. The zero-order valence-corrected chi connectivity index (χ0v) is 8.93. The van der Waals surface area contributed by atoms with Gasteiger partial charge in [-0.3, -0.25) is 0 Å². The van der Waals surface area contributed by atoms with Crippen molar-refractivity contribution >= 4 is 21.7 Å². The normalized spacial score (nSPS) is 9.31. The lowest BCUT2D eigenvalue weighted by molar-refractivity contribution is 0.967. The first-order valence-corrected chi connectivity index (χ1v) is 4.86. The van der Waals surface area contributed by atoms with E-state index in [-0.39, 0.29) is 0 Å². The van der Waals surface area contributed by atoms with Crippen molar-refractivity contribution in [3.63, 3.8) is 0 Å². The van der Waals surface area contributed by atoms with Crippen molar-refractivity contribution in [3.8, 4) is 6.07 Å². The van der Waals surface area contributed by atoms with Gasteiger partial charge in [-0.2, -0.15) is 5.26 Å². The van der Waals surface area contributed by atoms with Crippen molar-refractivity contribution in [1.29, 1.82) is 5.26 Å². The molecule has 0 spiro atoms. The highest BCUT2D eigenvalue weighted by Gasteiger charge is 2.02. The molecule has 0 fully saturated rings. The van der Waals surface area contributed by atoms with Crippen LogP contribution in [-0.4, -0.2) is 11.5 Å². The second-order valence-corrected chi connectivity index (χ2v) is 3.50. The first-order chi connectivity index (χ1) is 6.27. The second kappa shape index (κ2) is 4.83. The van der Waals surface area contributed by atoms with Crippen molar-refractivity contribution in [2.45, 2.75) is 13.3 Å². The van der Waals surface area contributed by atoms with Crippen LogP contribution in [0.2, 0.25) is 0 Å². The molecule has 0 amide bonds. The lowest BCUT2D eigenvalue weighted by atomic mass is 10.3. The predicted octanol–water partition coefficient (Wildman–Crippen LogP) is 2.54. The zero-order valence-electron chi connectivity index (χ0n) is 7.34. The average Bonchev–Trinajstić information content (AvgIpc) is 2.16. The number of pyridine rings is 1. The molecule has 1 rings (SSSR count). The quantitative estimate of drug-likeness (QED) is 0.883. The Morgan fingerprint density at radius 3 is 3.08 bits per heavy atom. The molecule has 1 aromatic rings. The minimum absolute atomic E-state index is 0.572. The Bertz CT molecular complexity index is 330. The van der Waals surface area contributed by atoms with Crippen LogP contribution in [0.15, 0.2) is 16.7 Å². The van der Waals surface area contributed by atoms with Crippen molar-refractivity contribution in [2.75, 3.05) is 11.9 Å². The summed E-state index contributed by atoms with van der Waals surface area (Å²) in [4.78, 5) is 4.11. The maximum atomic E-state index is 8.79. The highest BCUT2D eigenvalue weighted by Crippen LogP contribution is 2.16. The Balaban J connectivity index is 2.88. The highest BCUT2D eigenvalue weighted by molar-refractivity contribution is 9.10. The molecule has 0 aliphatic carbocycles. The second-order valence-electron chi connectivity index (χ2n) is 2.59. The SMILES string of the molecule is CCCNc1ncc(Br)cc1C#N. The summed E-state index contributed by atoms with van der Waals surface area (Å²) in [7, 11) is 0. The molecule has 4 heteroatoms. The van der Waals surface area contributed by atoms with Gasteiger partial charge in [0.15, 0.2) is 0 Å². The Hall–Kier alpha value is -1.08. The van der Waals surface area contributed by atoms with Crippen molar-refractivity contribution in [2.24, 2.45) is 0 Å². The molecule has 0 saturated carbocycles. The lowest BCUT2D eigenvalue weighted by Gasteiger charge is -2.04. The van der Waals surface area contributed by atoms with E-state index in [2.05, 4.69) is 39.2 Å². The summed E-state index contributed by atoms with van der Waals surface area (Å²) in [6.07, 6.45) is 2.70. The summed E-state index contributed by atoms with van der Waals surface area (Å²) in [5.74, 6) is 0.660. The minimum atomic E-state index is 0.572. The van der Waals surface area contributed by atoms with E-state index >= 15 is 0 Å². The molecule has 0 bridgehead atoms. The molecule has 0 aliphatic heterocycles. The number of hydrogen-bond donors (Lipinski definition) is 1. The lowest BCUT2D eigenvalue weighted by Crippen LogP contribution is -2.03. The van der Waals surface area contributed by atoms with Crippen LogP contribution in [0.3, 0.4) is 0 Å². The molecule has 0 atom stereocenters. The standard InChI is InChI=1S/C9H10BrN3/c1-2-3-12-9-7(5-11)4-8(10)6-13-9/h4,6H,2-3H2,1H3,(H,12,13). The topological polar surface area (TPSA) is 48.7 Å². The van der Waals surface area contributed by atoms with Gasteiger partial charge in [-0.25, -0.2) is 4.98 Å². The van der Waals surface area contributed by atoms with Crippen LogP contribution < -0.4 is 5.32 Å². The van der Waals surface area contributed by atoms with Crippen LogP contribution in [0.4, 0.5) is 5.82 Å². The van der Waals surface area contributed by atoms with Crippen LogP contribution in [0.5, 0.6) is 0 Å². The Labute approximate surface area is 85.9 Å². The monoisotopic (exact) mass is 239 g/mol. The van der Waals surface area contributed by atoms with E-state index < -0.39 is 0 Å². The number of aromatic nitrogens is 1. The van der Waals surface area contributed by atoms with Crippen LogP contribution in [0.1, 0.15) is 18.9 Å². The van der Waals surface area contributed by atoms with Crippen LogP contribution in [-0.2, 0) is 0 Å². The maximum absolute atomic E-state index is 8.79. The van der Waals surface area contributed by atoms with E-state index in [1.807, 2.05) is 0 Å². The van der Waals surface area contributed by atoms with Gasteiger partial charge in [-0.15, -0.1) is 0 Å². The van der Waals surface area contributed by atoms with Gasteiger partial charge < -0.3 is 5.32 Å². The molecule has 0 aliphatic rings. The first-order valence-electron chi connectivity index (χ1n) is 4.07. The Morgan fingerprint density at radius 1 is 1.69 bits per heavy atom. The fourth-order valence-electron chi connectivity index (χ4n) is 0.909. The van der Waals surface area contributed by atoms with Gasteiger partial charge in [-0.1, -0.05) is 6.92 Å². The van der Waals surface area contributed by atoms with E-state index in [0.29, 0.717) is 11.4 Å². The summed E-state index contributed by atoms with van der Waals surface area (Å²) in [6.45, 7) is 2.90. The van der Waals surface area contributed by atoms with Gasteiger partial charge >= 0.3 is 0 Å². The summed E-state index contributed by atoms with van der Waals surface area (Å²) >= 11 is 3.26. The van der Waals surface area contributed by atoms with Gasteiger partial charge in [0, 0.05) is 17.2 Å². The molecule has 13 heavy (non-hydrogen) atoms. The fourth-order valence-corrected chi connectivity index (χ4v) is 1.24. The number of hydrogen-bond acceptors (Lipinski definition) is 3. The zero-order chi connectivity index (χ0) is 9.68. The fraction of sp³-hybridized carbons (Fsp3) is 0.333. The molecule has 1 N–H and O–H groups in total. The number of rotatable bonds is 3. The molecule has 68 valence electrons.